The van der Waals surface area contributed by atoms with E-state index in [4.69, 9.17) is 0 Å². The van der Waals surface area contributed by atoms with Gasteiger partial charge in [-0.05, 0) is 20.0 Å². The van der Waals surface area contributed by atoms with Crippen LogP contribution in [0.5, 0.6) is 0 Å². The Labute approximate surface area is 85.2 Å². The lowest BCUT2D eigenvalue weighted by atomic mass is 10.0. The van der Waals surface area contributed by atoms with Crippen LogP contribution in [0.15, 0.2) is 0 Å². The van der Waals surface area contributed by atoms with Gasteiger partial charge >= 0.3 is 0 Å². The minimum Gasteiger partial charge on any atom is -0.356 e. The first-order valence-corrected chi connectivity index (χ1v) is 5.30. The monoisotopic (exact) mass is 197 g/mol. The van der Waals surface area contributed by atoms with E-state index in [0.29, 0.717) is 5.92 Å². The number of hydrogen-bond acceptors (Lipinski definition) is 3. The molecule has 0 radical (unpaired) electrons. The fraction of sp³-hybridized carbons (Fsp3) is 0.900. The molecular formula is C10H19N3O. The Balaban J connectivity index is 1.67. The summed E-state index contributed by atoms with van der Waals surface area (Å²) in [5, 5.41) is 2.88. The van der Waals surface area contributed by atoms with E-state index in [1.54, 1.807) is 0 Å². The second kappa shape index (κ2) is 3.87. The highest BCUT2D eigenvalue weighted by molar-refractivity contribution is 5.78. The van der Waals surface area contributed by atoms with E-state index in [-0.39, 0.29) is 5.91 Å². The van der Waals surface area contributed by atoms with Gasteiger partial charge in [-0.2, -0.15) is 0 Å². The summed E-state index contributed by atoms with van der Waals surface area (Å²) in [5.41, 5.74) is 0. The molecule has 0 aromatic rings. The fourth-order valence-electron chi connectivity index (χ4n) is 2.18. The molecule has 0 aromatic heterocycles. The van der Waals surface area contributed by atoms with Crippen molar-refractivity contribution in [1.29, 1.82) is 0 Å². The number of amides is 1. The highest BCUT2D eigenvalue weighted by atomic mass is 16.1. The maximum Gasteiger partial charge on any atom is 0.220 e. The Morgan fingerprint density at radius 3 is 2.71 bits per heavy atom. The number of nitrogens with zero attached hydrogens (tertiary/aromatic N) is 2. The summed E-state index contributed by atoms with van der Waals surface area (Å²) in [5.74, 6) is 0.769. The molecule has 80 valence electrons. The van der Waals surface area contributed by atoms with E-state index < -0.39 is 0 Å². The molecule has 4 nitrogen and oxygen atoms in total. The van der Waals surface area contributed by atoms with Crippen molar-refractivity contribution in [3.8, 4) is 0 Å². The number of carbonyl (C=O) groups excluding carboxylic acids is 1. The summed E-state index contributed by atoms with van der Waals surface area (Å²) in [4.78, 5) is 15.7. The van der Waals surface area contributed by atoms with Crippen molar-refractivity contribution in [2.24, 2.45) is 5.92 Å². The molecule has 2 aliphatic heterocycles. The highest BCUT2D eigenvalue weighted by Gasteiger charge is 2.31. The van der Waals surface area contributed by atoms with Crippen molar-refractivity contribution in [2.75, 3.05) is 40.3 Å². The van der Waals surface area contributed by atoms with Gasteiger partial charge < -0.3 is 10.2 Å². The van der Waals surface area contributed by atoms with Crippen LogP contribution in [0.25, 0.3) is 0 Å². The third-order valence-corrected chi connectivity index (χ3v) is 3.25. The van der Waals surface area contributed by atoms with Crippen molar-refractivity contribution in [3.05, 3.63) is 0 Å². The molecule has 2 fully saturated rings. The summed E-state index contributed by atoms with van der Waals surface area (Å²) in [7, 11) is 4.26. The number of carbonyl (C=O) groups is 1. The first kappa shape index (κ1) is 9.93. The van der Waals surface area contributed by atoms with E-state index in [0.717, 1.165) is 38.6 Å². The fourth-order valence-corrected chi connectivity index (χ4v) is 2.18. The maximum atomic E-state index is 11.0. The molecule has 0 bridgehead atoms. The minimum absolute atomic E-state index is 0.222. The van der Waals surface area contributed by atoms with E-state index in [1.807, 2.05) is 0 Å². The zero-order chi connectivity index (χ0) is 10.1. The van der Waals surface area contributed by atoms with Crippen LogP contribution in [0.4, 0.5) is 0 Å². The predicted octanol–water partition coefficient (Wildman–Crippen LogP) is -0.632. The molecule has 0 aliphatic carbocycles. The van der Waals surface area contributed by atoms with E-state index in [1.165, 1.54) is 0 Å². The van der Waals surface area contributed by atoms with Crippen LogP contribution in [0, 0.1) is 5.92 Å². The molecule has 14 heavy (non-hydrogen) atoms. The van der Waals surface area contributed by atoms with Crippen LogP contribution in [0.2, 0.25) is 0 Å². The summed E-state index contributed by atoms with van der Waals surface area (Å²) in [6.07, 6.45) is 0.725. The Kier molecular flexibility index (Phi) is 2.74. The highest BCUT2D eigenvalue weighted by Crippen LogP contribution is 2.17. The first-order chi connectivity index (χ1) is 6.65. The SMILES string of the molecule is CN(C)C1CN(CC2CNC(=O)C2)C1. The number of likely N-dealkylation sites (tertiary alicyclic amines) is 1. The third-order valence-electron chi connectivity index (χ3n) is 3.25. The second-order valence-electron chi connectivity index (χ2n) is 4.71. The summed E-state index contributed by atoms with van der Waals surface area (Å²) in [6, 6.07) is 0.722. The van der Waals surface area contributed by atoms with Crippen LogP contribution >= 0.6 is 0 Å². The summed E-state index contributed by atoms with van der Waals surface area (Å²) < 4.78 is 0. The summed E-state index contributed by atoms with van der Waals surface area (Å²) in [6.45, 7) is 4.29. The molecule has 2 rings (SSSR count). The van der Waals surface area contributed by atoms with Crippen LogP contribution in [0.3, 0.4) is 0 Å². The Hall–Kier alpha value is -0.610. The van der Waals surface area contributed by atoms with Gasteiger partial charge in [-0.15, -0.1) is 0 Å². The number of rotatable bonds is 3. The lowest BCUT2D eigenvalue weighted by Crippen LogP contribution is -2.58. The molecular weight excluding hydrogens is 178 g/mol. The zero-order valence-electron chi connectivity index (χ0n) is 8.99. The number of likely N-dealkylation sites (N-methyl/N-ethyl adjacent to an activating group) is 1. The smallest absolute Gasteiger partial charge is 0.220 e. The molecule has 1 atom stereocenters. The molecule has 1 N–H and O–H groups in total. The molecule has 0 saturated carbocycles. The topological polar surface area (TPSA) is 35.6 Å². The van der Waals surface area contributed by atoms with Gasteiger partial charge in [0.15, 0.2) is 0 Å². The van der Waals surface area contributed by atoms with Crippen molar-refractivity contribution in [1.82, 2.24) is 15.1 Å². The zero-order valence-corrected chi connectivity index (χ0v) is 8.99. The molecule has 2 saturated heterocycles. The molecule has 2 aliphatic rings. The molecule has 0 spiro atoms. The van der Waals surface area contributed by atoms with Gasteiger partial charge in [0, 0.05) is 38.6 Å². The van der Waals surface area contributed by atoms with Crippen LogP contribution in [0.1, 0.15) is 6.42 Å². The van der Waals surface area contributed by atoms with E-state index in [9.17, 15) is 4.79 Å². The third kappa shape index (κ3) is 2.07. The average Bonchev–Trinajstić information content (AvgIpc) is 2.42. The van der Waals surface area contributed by atoms with Crippen molar-refractivity contribution in [2.45, 2.75) is 12.5 Å². The van der Waals surface area contributed by atoms with E-state index >= 15 is 0 Å². The standard InChI is InChI=1S/C10H19N3O/c1-12(2)9-6-13(7-9)5-8-3-10(14)11-4-8/h8-9H,3-7H2,1-2H3,(H,11,14). The van der Waals surface area contributed by atoms with Crippen LogP contribution in [-0.4, -0.2) is 62.0 Å². The lowest BCUT2D eigenvalue weighted by Gasteiger charge is -2.43. The quantitative estimate of drug-likeness (QED) is 0.654. The van der Waals surface area contributed by atoms with Gasteiger partial charge in [0.2, 0.25) is 5.91 Å². The molecule has 0 aromatic carbocycles. The Bertz CT molecular complexity index is 223. The molecule has 4 heteroatoms. The Morgan fingerprint density at radius 1 is 1.50 bits per heavy atom. The predicted molar refractivity (Wildman–Crippen MR) is 55.0 cm³/mol. The van der Waals surface area contributed by atoms with Crippen molar-refractivity contribution >= 4 is 5.91 Å². The van der Waals surface area contributed by atoms with E-state index in [2.05, 4.69) is 29.2 Å². The van der Waals surface area contributed by atoms with Gasteiger partial charge in [-0.3, -0.25) is 9.69 Å². The number of hydrogen-bond donors (Lipinski definition) is 1. The van der Waals surface area contributed by atoms with Crippen molar-refractivity contribution in [3.63, 3.8) is 0 Å². The van der Waals surface area contributed by atoms with Crippen LogP contribution in [-0.2, 0) is 4.79 Å². The van der Waals surface area contributed by atoms with Crippen molar-refractivity contribution < 1.29 is 4.79 Å². The largest absolute Gasteiger partial charge is 0.356 e. The minimum atomic E-state index is 0.222. The normalized spacial score (nSPS) is 29.4. The number of nitrogens with one attached hydrogen (secondary N) is 1. The molecule has 2 heterocycles. The molecule has 1 amide bonds. The van der Waals surface area contributed by atoms with Crippen LogP contribution < -0.4 is 5.32 Å². The lowest BCUT2D eigenvalue weighted by molar-refractivity contribution is -0.119. The first-order valence-electron chi connectivity index (χ1n) is 5.30. The summed E-state index contributed by atoms with van der Waals surface area (Å²) >= 11 is 0. The van der Waals surface area contributed by atoms with Gasteiger partial charge in [0.25, 0.3) is 0 Å². The van der Waals surface area contributed by atoms with Gasteiger partial charge in [0.05, 0.1) is 0 Å². The maximum absolute atomic E-state index is 11.0. The second-order valence-corrected chi connectivity index (χ2v) is 4.71. The average molecular weight is 197 g/mol. The Morgan fingerprint density at radius 2 is 2.21 bits per heavy atom. The van der Waals surface area contributed by atoms with Gasteiger partial charge in [-0.25, -0.2) is 0 Å². The molecule has 1 unspecified atom stereocenters. The van der Waals surface area contributed by atoms with Gasteiger partial charge in [0.1, 0.15) is 0 Å². The van der Waals surface area contributed by atoms with Gasteiger partial charge in [-0.1, -0.05) is 0 Å².